The number of primary amides is 1. The molecule has 0 radical (unpaired) electrons. The summed E-state index contributed by atoms with van der Waals surface area (Å²) in [5.74, 6) is -1.34. The van der Waals surface area contributed by atoms with Crippen LogP contribution in [-0.2, 0) is 9.31 Å². The lowest BCUT2D eigenvalue weighted by molar-refractivity contribution is -0.148. The number of pyridine rings is 1. The largest absolute Gasteiger partial charge is 0.495 e. The first kappa shape index (κ1) is 27.3. The normalized spacial score (nSPS) is 19.1. The van der Waals surface area contributed by atoms with Crippen molar-refractivity contribution in [2.45, 2.75) is 64.0 Å². The summed E-state index contributed by atoms with van der Waals surface area (Å²) >= 11 is 0. The van der Waals surface area contributed by atoms with Crippen LogP contribution in [0.1, 0.15) is 50.9 Å². The molecular weight excluding hydrogens is 538 g/mol. The first-order chi connectivity index (χ1) is 19.2. The van der Waals surface area contributed by atoms with Crippen LogP contribution >= 0.6 is 0 Å². The van der Waals surface area contributed by atoms with E-state index in [0.717, 1.165) is 0 Å². The molecule has 214 valence electrons. The van der Waals surface area contributed by atoms with Gasteiger partial charge in [0.05, 0.1) is 27.8 Å². The predicted octanol–water partition coefficient (Wildman–Crippen LogP) is 3.51. The summed E-state index contributed by atoms with van der Waals surface area (Å²) in [7, 11) is -0.829. The van der Waals surface area contributed by atoms with E-state index in [9.17, 15) is 18.0 Å². The van der Waals surface area contributed by atoms with Crippen LogP contribution in [0.5, 0.6) is 0 Å². The quantitative estimate of drug-likeness (QED) is 0.301. The summed E-state index contributed by atoms with van der Waals surface area (Å²) in [5.41, 5.74) is 15.0. The van der Waals surface area contributed by atoms with Crippen LogP contribution in [-0.4, -0.2) is 56.1 Å². The molecule has 1 aromatic carbocycles. The zero-order chi connectivity index (χ0) is 29.5. The molecule has 6 rings (SSSR count). The third kappa shape index (κ3) is 4.54. The highest BCUT2D eigenvalue weighted by Crippen LogP contribution is 2.43. The van der Waals surface area contributed by atoms with Gasteiger partial charge in [-0.15, -0.1) is 0 Å². The van der Waals surface area contributed by atoms with Crippen molar-refractivity contribution in [3.63, 3.8) is 0 Å². The molecule has 1 saturated heterocycles. The van der Waals surface area contributed by atoms with Crippen molar-refractivity contribution < 1.29 is 27.3 Å². The van der Waals surface area contributed by atoms with Crippen LogP contribution in [0.4, 0.5) is 19.1 Å². The molecule has 1 amide bonds. The van der Waals surface area contributed by atoms with E-state index in [1.54, 1.807) is 12.1 Å². The predicted molar refractivity (Wildman–Crippen MR) is 149 cm³/mol. The second-order valence-corrected chi connectivity index (χ2v) is 11.6. The molecule has 3 aromatic heterocycles. The van der Waals surface area contributed by atoms with Crippen LogP contribution in [0.25, 0.3) is 32.9 Å². The Bertz CT molecular complexity index is 1670. The standard InChI is InChI=1S/C27H29BF3N7O3/c1-25(2)26(3,4)41-28(40-25)19-7-16-17-11-34-12-18(23(32)39)21(17)38(37-22(13-5-6-13)27(29,30)31)20(16)8-15(19)14-9-35-24(33)36-10-14/h7-13,22,37H,5-6H2,1-4H3,(H2,32,39)(H2,33,35,36)/t22-/m1/s1. The van der Waals surface area contributed by atoms with Crippen molar-refractivity contribution in [3.8, 4) is 11.1 Å². The van der Waals surface area contributed by atoms with Crippen molar-refractivity contribution in [2.75, 3.05) is 11.2 Å². The number of aromatic nitrogens is 4. The molecule has 1 aliphatic carbocycles. The SMILES string of the molecule is CC1(C)OB(c2cc3c4cncc(C(N)=O)c4n(N[C@H](C4CC4)C(F)(F)F)c3cc2-c2cnc(N)nc2)OC1(C)C. The Kier molecular flexibility index (Phi) is 6.02. The Morgan fingerprint density at radius 2 is 1.71 bits per heavy atom. The number of amides is 1. The van der Waals surface area contributed by atoms with Crippen molar-refractivity contribution in [1.82, 2.24) is 19.6 Å². The fourth-order valence-electron chi connectivity index (χ4n) is 5.24. The fraction of sp³-hybridized carbons (Fsp3) is 0.407. The van der Waals surface area contributed by atoms with Crippen molar-refractivity contribution in [1.29, 1.82) is 0 Å². The Morgan fingerprint density at radius 1 is 1.07 bits per heavy atom. The second kappa shape index (κ2) is 9.05. The lowest BCUT2D eigenvalue weighted by Gasteiger charge is -2.32. The van der Waals surface area contributed by atoms with Crippen molar-refractivity contribution in [2.24, 2.45) is 11.7 Å². The molecule has 2 aliphatic rings. The average molecular weight is 567 g/mol. The van der Waals surface area contributed by atoms with E-state index in [2.05, 4.69) is 20.4 Å². The third-order valence-corrected chi connectivity index (χ3v) is 8.31. The molecule has 0 unspecified atom stereocenters. The molecule has 41 heavy (non-hydrogen) atoms. The van der Waals surface area contributed by atoms with E-state index in [-0.39, 0.29) is 17.0 Å². The van der Waals surface area contributed by atoms with Gasteiger partial charge in [0.15, 0.2) is 0 Å². The van der Waals surface area contributed by atoms with Crippen LogP contribution in [0.15, 0.2) is 36.9 Å². The fourth-order valence-corrected chi connectivity index (χ4v) is 5.24. The van der Waals surface area contributed by atoms with Gasteiger partial charge >= 0.3 is 13.3 Å². The average Bonchev–Trinajstić information content (AvgIpc) is 3.63. The number of rotatable bonds is 6. The van der Waals surface area contributed by atoms with Gasteiger partial charge in [-0.3, -0.25) is 14.5 Å². The maximum absolute atomic E-state index is 14.2. The maximum Gasteiger partial charge on any atom is 0.495 e. The highest BCUT2D eigenvalue weighted by molar-refractivity contribution is 6.64. The highest BCUT2D eigenvalue weighted by atomic mass is 19.4. The zero-order valence-electron chi connectivity index (χ0n) is 22.9. The molecule has 2 fully saturated rings. The Balaban J connectivity index is 1.66. The van der Waals surface area contributed by atoms with E-state index >= 15 is 0 Å². The first-order valence-corrected chi connectivity index (χ1v) is 13.2. The maximum atomic E-state index is 14.2. The van der Waals surface area contributed by atoms with Gasteiger partial charge in [0.1, 0.15) is 6.04 Å². The van der Waals surface area contributed by atoms with Gasteiger partial charge in [-0.1, -0.05) is 6.07 Å². The van der Waals surface area contributed by atoms with Gasteiger partial charge in [0.25, 0.3) is 5.91 Å². The van der Waals surface area contributed by atoms with E-state index in [1.165, 1.54) is 29.5 Å². The number of carbonyl (C=O) groups excluding carboxylic acids is 1. The van der Waals surface area contributed by atoms with Gasteiger partial charge in [-0.05, 0) is 63.5 Å². The molecule has 1 saturated carbocycles. The summed E-state index contributed by atoms with van der Waals surface area (Å²) in [6.45, 7) is 7.69. The lowest BCUT2D eigenvalue weighted by atomic mass is 9.74. The van der Waals surface area contributed by atoms with E-state index in [1.807, 2.05) is 27.7 Å². The topological polar surface area (TPSA) is 143 Å². The van der Waals surface area contributed by atoms with Crippen LogP contribution in [0, 0.1) is 5.92 Å². The molecule has 0 spiro atoms. The minimum Gasteiger partial charge on any atom is -0.399 e. The number of benzene rings is 1. The number of carbonyl (C=O) groups is 1. The number of fused-ring (bicyclic) bond motifs is 3. The van der Waals surface area contributed by atoms with E-state index in [4.69, 9.17) is 20.8 Å². The first-order valence-electron chi connectivity index (χ1n) is 13.2. The third-order valence-electron chi connectivity index (χ3n) is 8.31. The van der Waals surface area contributed by atoms with Crippen LogP contribution < -0.4 is 22.4 Å². The smallest absolute Gasteiger partial charge is 0.399 e. The molecule has 5 N–H and O–H groups in total. The minimum atomic E-state index is -4.53. The second-order valence-electron chi connectivity index (χ2n) is 11.6. The molecule has 4 heterocycles. The summed E-state index contributed by atoms with van der Waals surface area (Å²) in [6.07, 6.45) is 2.17. The number of halogens is 3. The number of anilines is 1. The number of nitrogens with one attached hydrogen (secondary N) is 1. The van der Waals surface area contributed by atoms with Gasteiger partial charge < -0.3 is 26.2 Å². The van der Waals surface area contributed by atoms with Gasteiger partial charge in [-0.25, -0.2) is 9.97 Å². The Morgan fingerprint density at radius 3 is 2.27 bits per heavy atom. The molecule has 0 bridgehead atoms. The Labute approximate surface area is 233 Å². The summed E-state index contributed by atoms with van der Waals surface area (Å²) in [4.78, 5) is 24.9. The summed E-state index contributed by atoms with van der Waals surface area (Å²) in [5, 5.41) is 0.975. The number of nitrogens with two attached hydrogens (primary N) is 2. The monoisotopic (exact) mass is 567 g/mol. The van der Waals surface area contributed by atoms with Gasteiger partial charge in [-0.2, -0.15) is 13.2 Å². The zero-order valence-corrected chi connectivity index (χ0v) is 22.9. The molecule has 4 aromatic rings. The van der Waals surface area contributed by atoms with E-state index in [0.29, 0.717) is 45.7 Å². The number of alkyl halides is 3. The summed E-state index contributed by atoms with van der Waals surface area (Å²) in [6, 6.07) is 1.67. The van der Waals surface area contributed by atoms with Crippen LogP contribution in [0.2, 0.25) is 0 Å². The lowest BCUT2D eigenvalue weighted by Crippen LogP contribution is -2.42. The van der Waals surface area contributed by atoms with Crippen molar-refractivity contribution >= 4 is 46.2 Å². The number of hydrogen-bond donors (Lipinski definition) is 3. The van der Waals surface area contributed by atoms with Crippen LogP contribution in [0.3, 0.4) is 0 Å². The molecule has 1 atom stereocenters. The van der Waals surface area contributed by atoms with Gasteiger partial charge in [0.2, 0.25) is 5.95 Å². The number of nitrogens with zero attached hydrogens (tertiary/aromatic N) is 4. The summed E-state index contributed by atoms with van der Waals surface area (Å²) < 4.78 is 56.7. The van der Waals surface area contributed by atoms with E-state index < -0.39 is 42.4 Å². The molecule has 10 nitrogen and oxygen atoms in total. The number of nitrogen functional groups attached to an aromatic ring is 1. The Hall–Kier alpha value is -3.91. The highest BCUT2D eigenvalue weighted by Gasteiger charge is 2.53. The van der Waals surface area contributed by atoms with Gasteiger partial charge in [0, 0.05) is 41.1 Å². The number of hydrogen-bond acceptors (Lipinski definition) is 8. The minimum absolute atomic E-state index is 0.0162. The molecular formula is C27H29BF3N7O3. The molecule has 1 aliphatic heterocycles. The molecule has 14 heteroatoms. The van der Waals surface area contributed by atoms with Crippen molar-refractivity contribution in [3.05, 3.63) is 42.5 Å².